The predicted octanol–water partition coefficient (Wildman–Crippen LogP) is 15.6. The minimum Gasteiger partial charge on any atom is -0.477 e. The van der Waals surface area contributed by atoms with Gasteiger partial charge in [-0.15, -0.1) is 0 Å². The quantitative estimate of drug-likeness (QED) is 0.0211. The number of carboxylic acids is 1. The van der Waals surface area contributed by atoms with Crippen LogP contribution < -0.4 is 0 Å². The lowest BCUT2D eigenvalue weighted by atomic mass is 10.0. The Morgan fingerprint density at radius 3 is 1.16 bits per heavy atom. The number of esters is 2. The van der Waals surface area contributed by atoms with E-state index in [1.54, 1.807) is 0 Å². The van der Waals surface area contributed by atoms with E-state index in [0.29, 0.717) is 17.4 Å². The monoisotopic (exact) mass is 963 g/mol. The summed E-state index contributed by atoms with van der Waals surface area (Å²) >= 11 is 0. The van der Waals surface area contributed by atoms with Gasteiger partial charge in [-0.05, 0) is 96.3 Å². The molecular formula is C60H100NO8+. The van der Waals surface area contributed by atoms with E-state index < -0.39 is 24.3 Å². The zero-order chi connectivity index (χ0) is 50.6. The molecule has 0 amide bonds. The third-order valence-electron chi connectivity index (χ3n) is 11.0. The molecule has 1 N–H and O–H groups in total. The van der Waals surface area contributed by atoms with Crippen LogP contribution in [0.25, 0.3) is 0 Å². The Morgan fingerprint density at radius 1 is 0.435 bits per heavy atom. The Hall–Kier alpha value is -4.05. The number of unbranched alkanes of at least 4 members (excludes halogenated alkanes) is 15. The van der Waals surface area contributed by atoms with E-state index in [0.717, 1.165) is 122 Å². The van der Waals surface area contributed by atoms with Crippen LogP contribution in [0.2, 0.25) is 0 Å². The van der Waals surface area contributed by atoms with Crippen molar-refractivity contribution in [3.05, 3.63) is 109 Å². The first-order valence-corrected chi connectivity index (χ1v) is 27.1. The Morgan fingerprint density at radius 2 is 0.783 bits per heavy atom. The van der Waals surface area contributed by atoms with E-state index in [1.807, 2.05) is 21.1 Å². The molecule has 0 aliphatic carbocycles. The van der Waals surface area contributed by atoms with Gasteiger partial charge in [-0.1, -0.05) is 194 Å². The van der Waals surface area contributed by atoms with E-state index in [2.05, 4.69) is 123 Å². The number of allylic oxidation sites excluding steroid dienone is 18. The average molecular weight is 963 g/mol. The summed E-state index contributed by atoms with van der Waals surface area (Å²) in [6.45, 7) is 4.60. The summed E-state index contributed by atoms with van der Waals surface area (Å²) in [7, 11) is 5.95. The number of ether oxygens (including phenoxy) is 4. The molecule has 0 fully saturated rings. The van der Waals surface area contributed by atoms with Crippen LogP contribution in [0.3, 0.4) is 0 Å². The Kier molecular flexibility index (Phi) is 47.4. The number of hydrogen-bond acceptors (Lipinski definition) is 7. The highest BCUT2D eigenvalue weighted by atomic mass is 16.7. The SMILES string of the molecule is CC/C=C\C/C=C\C/C=C\C/C=C\C/C=C\C/C=C\CCCCCCCCCCCCC(=O)OC(COC(=O)CCCCCCC/C=C\C/C=C\C/C=C\CC)COC(OCC[N+](C)(C)C)C(=O)O. The Bertz CT molecular complexity index is 1490. The molecule has 0 rings (SSSR count). The normalized spacial score (nSPS) is 13.7. The van der Waals surface area contributed by atoms with E-state index in [1.165, 1.54) is 38.5 Å². The van der Waals surface area contributed by atoms with Crippen molar-refractivity contribution in [1.82, 2.24) is 0 Å². The highest BCUT2D eigenvalue weighted by Gasteiger charge is 2.25. The van der Waals surface area contributed by atoms with Crippen molar-refractivity contribution in [3.63, 3.8) is 0 Å². The van der Waals surface area contributed by atoms with Gasteiger partial charge < -0.3 is 28.5 Å². The van der Waals surface area contributed by atoms with Crippen LogP contribution in [0.1, 0.15) is 194 Å². The molecule has 2 unspecified atom stereocenters. The summed E-state index contributed by atoms with van der Waals surface area (Å²) in [5.74, 6) is -2.05. The molecule has 9 heteroatoms. The van der Waals surface area contributed by atoms with E-state index in [4.69, 9.17) is 18.9 Å². The van der Waals surface area contributed by atoms with Crippen molar-refractivity contribution in [3.8, 4) is 0 Å². The van der Waals surface area contributed by atoms with Crippen molar-refractivity contribution in [2.75, 3.05) is 47.5 Å². The number of quaternary nitrogens is 1. The Balaban J connectivity index is 4.29. The molecule has 0 saturated carbocycles. The summed E-state index contributed by atoms with van der Waals surface area (Å²) < 4.78 is 22.8. The van der Waals surface area contributed by atoms with Gasteiger partial charge in [0.05, 0.1) is 34.4 Å². The van der Waals surface area contributed by atoms with Gasteiger partial charge in [0, 0.05) is 12.8 Å². The molecule has 0 radical (unpaired) electrons. The molecule has 0 spiro atoms. The van der Waals surface area contributed by atoms with Crippen molar-refractivity contribution in [2.45, 2.75) is 206 Å². The zero-order valence-corrected chi connectivity index (χ0v) is 44.4. The summed E-state index contributed by atoms with van der Waals surface area (Å²) in [6, 6.07) is 0. The molecule has 0 bridgehead atoms. The summed E-state index contributed by atoms with van der Waals surface area (Å²) in [4.78, 5) is 37.3. The second-order valence-corrected chi connectivity index (χ2v) is 18.8. The first-order chi connectivity index (χ1) is 33.6. The molecule has 9 nitrogen and oxygen atoms in total. The number of likely N-dealkylation sites (N-methyl/N-ethyl adjacent to an activating group) is 1. The van der Waals surface area contributed by atoms with Crippen LogP contribution in [-0.4, -0.2) is 87.4 Å². The van der Waals surface area contributed by atoms with Gasteiger partial charge >= 0.3 is 17.9 Å². The fourth-order valence-electron chi connectivity index (χ4n) is 6.91. The fourth-order valence-corrected chi connectivity index (χ4v) is 6.91. The predicted molar refractivity (Wildman–Crippen MR) is 290 cm³/mol. The van der Waals surface area contributed by atoms with Crippen LogP contribution in [0.5, 0.6) is 0 Å². The number of carbonyl (C=O) groups is 3. The highest BCUT2D eigenvalue weighted by molar-refractivity contribution is 5.71. The topological polar surface area (TPSA) is 108 Å². The molecule has 0 heterocycles. The number of hydrogen-bond donors (Lipinski definition) is 1. The molecule has 0 aromatic heterocycles. The van der Waals surface area contributed by atoms with Gasteiger partial charge in [0.15, 0.2) is 6.10 Å². The van der Waals surface area contributed by atoms with Crippen LogP contribution in [-0.2, 0) is 33.3 Å². The van der Waals surface area contributed by atoms with E-state index in [-0.39, 0.29) is 38.6 Å². The number of carboxylic acid groups (broad SMARTS) is 1. The van der Waals surface area contributed by atoms with Gasteiger partial charge in [0.25, 0.3) is 6.29 Å². The lowest BCUT2D eigenvalue weighted by Gasteiger charge is -2.25. The summed E-state index contributed by atoms with van der Waals surface area (Å²) in [6.07, 6.45) is 65.9. The zero-order valence-electron chi connectivity index (χ0n) is 44.4. The van der Waals surface area contributed by atoms with Gasteiger partial charge in [0.2, 0.25) is 0 Å². The number of nitrogens with zero attached hydrogens (tertiary/aromatic N) is 1. The maximum absolute atomic E-state index is 12.9. The number of carbonyl (C=O) groups excluding carboxylic acids is 2. The Labute approximate surface area is 422 Å². The average Bonchev–Trinajstić information content (AvgIpc) is 3.31. The molecule has 392 valence electrons. The molecular weight excluding hydrogens is 863 g/mol. The standard InChI is InChI=1S/C60H99NO8/c1-6-8-10-12-14-16-18-20-22-23-24-25-26-27-28-29-30-31-32-33-34-35-37-39-41-43-45-47-49-51-58(63)69-56(55-68-60(59(64)65)66-53-52-61(3,4)5)54-67-57(62)50-48-46-44-42-40-38-36-21-19-17-15-13-11-9-7-2/h8-11,14-17,20-22,24-25,27-28,30-31,36,56,60H,6-7,12-13,18-19,23,26,29,32-35,37-55H2,1-5H3/p+1/b10-8-,11-9-,16-14-,17-15-,22-20-,25-24-,28-27-,31-30-,36-21-. The van der Waals surface area contributed by atoms with E-state index >= 15 is 0 Å². The van der Waals surface area contributed by atoms with Gasteiger partial charge in [-0.25, -0.2) is 4.79 Å². The molecule has 2 atom stereocenters. The highest BCUT2D eigenvalue weighted by Crippen LogP contribution is 2.14. The maximum atomic E-state index is 12.9. The number of aliphatic carboxylic acids is 1. The maximum Gasteiger partial charge on any atom is 0.361 e. The van der Waals surface area contributed by atoms with Crippen molar-refractivity contribution in [1.29, 1.82) is 0 Å². The minimum atomic E-state index is -1.52. The second-order valence-electron chi connectivity index (χ2n) is 18.8. The van der Waals surface area contributed by atoms with Crippen LogP contribution >= 0.6 is 0 Å². The minimum absolute atomic E-state index is 0.178. The van der Waals surface area contributed by atoms with Crippen LogP contribution in [0.15, 0.2) is 109 Å². The van der Waals surface area contributed by atoms with Gasteiger partial charge in [-0.2, -0.15) is 0 Å². The van der Waals surface area contributed by atoms with Crippen molar-refractivity contribution in [2.24, 2.45) is 0 Å². The van der Waals surface area contributed by atoms with Crippen molar-refractivity contribution >= 4 is 17.9 Å². The molecule has 0 aromatic carbocycles. The molecule has 0 aliphatic heterocycles. The van der Waals surface area contributed by atoms with Crippen LogP contribution in [0, 0.1) is 0 Å². The smallest absolute Gasteiger partial charge is 0.361 e. The first kappa shape index (κ1) is 65.0. The fraction of sp³-hybridized carbons (Fsp3) is 0.650. The first-order valence-electron chi connectivity index (χ1n) is 27.1. The third-order valence-corrected chi connectivity index (χ3v) is 11.0. The number of rotatable bonds is 48. The summed E-state index contributed by atoms with van der Waals surface area (Å²) in [5, 5.41) is 9.68. The van der Waals surface area contributed by atoms with Crippen molar-refractivity contribution < 1.29 is 42.9 Å². The molecule has 0 aromatic rings. The largest absolute Gasteiger partial charge is 0.477 e. The van der Waals surface area contributed by atoms with Crippen LogP contribution in [0.4, 0.5) is 0 Å². The van der Waals surface area contributed by atoms with Gasteiger partial charge in [-0.3, -0.25) is 9.59 Å². The lowest BCUT2D eigenvalue weighted by Crippen LogP contribution is -2.40. The molecule has 0 saturated heterocycles. The van der Waals surface area contributed by atoms with E-state index in [9.17, 15) is 19.5 Å². The molecule has 0 aliphatic rings. The summed E-state index contributed by atoms with van der Waals surface area (Å²) in [5.41, 5.74) is 0. The molecule has 69 heavy (non-hydrogen) atoms. The third kappa shape index (κ3) is 51.6. The van der Waals surface area contributed by atoms with Gasteiger partial charge in [0.1, 0.15) is 13.2 Å². The second kappa shape index (κ2) is 50.3. The lowest BCUT2D eigenvalue weighted by molar-refractivity contribution is -0.870.